The number of likely N-dealkylation sites (tertiary alicyclic amines) is 1. The van der Waals surface area contributed by atoms with Gasteiger partial charge in [0, 0.05) is 30.0 Å². The first kappa shape index (κ1) is 20.8. The van der Waals surface area contributed by atoms with Crippen LogP contribution in [-0.2, 0) is 0 Å². The molecule has 0 spiro atoms. The lowest BCUT2D eigenvalue weighted by molar-refractivity contribution is -0.173. The molecule has 0 radical (unpaired) electrons. The van der Waals surface area contributed by atoms with Gasteiger partial charge in [0.25, 0.3) is 5.91 Å². The number of fused-ring (bicyclic) bond motifs is 3. The van der Waals surface area contributed by atoms with E-state index >= 15 is 0 Å². The predicted molar refractivity (Wildman–Crippen MR) is 113 cm³/mol. The van der Waals surface area contributed by atoms with E-state index in [2.05, 4.69) is 31.2 Å². The minimum Gasteiger partial charge on any atom is -0.363 e. The van der Waals surface area contributed by atoms with Gasteiger partial charge >= 0.3 is 6.18 Å². The molecule has 1 aliphatic carbocycles. The molecule has 1 saturated carbocycles. The van der Waals surface area contributed by atoms with Gasteiger partial charge in [0.05, 0.1) is 6.04 Å². The molecule has 31 heavy (non-hydrogen) atoms. The molecule has 4 atom stereocenters. The van der Waals surface area contributed by atoms with Crippen LogP contribution in [0.15, 0.2) is 23.6 Å². The van der Waals surface area contributed by atoms with Crippen molar-refractivity contribution in [3.05, 3.63) is 34.2 Å². The highest BCUT2D eigenvalue weighted by Gasteiger charge is 2.52. The number of aromatic nitrogens is 2. The SMILES string of the molecule is CC1(C)C[C@H]2C[C@@](C)(CN2C(=O)c2cc3n(n2)[C@H](C(F)(F)F)C[C@H](c2cccs2)N3)C1. The molecule has 5 nitrogen and oxygen atoms in total. The van der Waals surface area contributed by atoms with Crippen molar-refractivity contribution in [3.8, 4) is 0 Å². The summed E-state index contributed by atoms with van der Waals surface area (Å²) in [6.07, 6.45) is -1.70. The van der Waals surface area contributed by atoms with Gasteiger partial charge in [0.1, 0.15) is 5.82 Å². The van der Waals surface area contributed by atoms with Gasteiger partial charge in [0.2, 0.25) is 0 Å². The van der Waals surface area contributed by atoms with E-state index in [1.165, 1.54) is 17.4 Å². The molecule has 0 aromatic carbocycles. The lowest BCUT2D eigenvalue weighted by Gasteiger charge is -2.39. The second kappa shape index (κ2) is 6.73. The molecule has 2 aliphatic heterocycles. The summed E-state index contributed by atoms with van der Waals surface area (Å²) in [6.45, 7) is 7.29. The lowest BCUT2D eigenvalue weighted by atomic mass is 9.65. The van der Waals surface area contributed by atoms with Crippen LogP contribution in [0, 0.1) is 10.8 Å². The molecule has 2 aromatic heterocycles. The summed E-state index contributed by atoms with van der Waals surface area (Å²) in [6, 6.07) is 3.07. The summed E-state index contributed by atoms with van der Waals surface area (Å²) >= 11 is 1.43. The van der Waals surface area contributed by atoms with Crippen LogP contribution in [0.4, 0.5) is 19.0 Å². The van der Waals surface area contributed by atoms with E-state index in [9.17, 15) is 18.0 Å². The van der Waals surface area contributed by atoms with Gasteiger partial charge in [-0.3, -0.25) is 4.79 Å². The van der Waals surface area contributed by atoms with Gasteiger partial charge in [0.15, 0.2) is 11.7 Å². The number of alkyl halides is 3. The van der Waals surface area contributed by atoms with Gasteiger partial charge in [-0.25, -0.2) is 4.68 Å². The molecule has 0 unspecified atom stereocenters. The van der Waals surface area contributed by atoms with E-state index in [1.807, 2.05) is 22.4 Å². The number of anilines is 1. The molecule has 2 fully saturated rings. The summed E-state index contributed by atoms with van der Waals surface area (Å²) in [5.41, 5.74) is 0.299. The zero-order chi connectivity index (χ0) is 22.2. The number of thiophene rings is 1. The maximum Gasteiger partial charge on any atom is 0.410 e. The van der Waals surface area contributed by atoms with Crippen LogP contribution in [-0.4, -0.2) is 39.4 Å². The average Bonchev–Trinajstić information content (AvgIpc) is 3.35. The first-order valence-electron chi connectivity index (χ1n) is 10.7. The third-order valence-corrected chi connectivity index (χ3v) is 7.96. The molecule has 2 bridgehead atoms. The lowest BCUT2D eigenvalue weighted by Crippen LogP contribution is -2.38. The number of nitrogens with zero attached hydrogens (tertiary/aromatic N) is 3. The van der Waals surface area contributed by atoms with Crippen LogP contribution in [0.25, 0.3) is 0 Å². The summed E-state index contributed by atoms with van der Waals surface area (Å²) < 4.78 is 42.6. The van der Waals surface area contributed by atoms with Crippen LogP contribution in [0.1, 0.15) is 73.9 Å². The number of halogens is 3. The highest BCUT2D eigenvalue weighted by atomic mass is 32.1. The Labute approximate surface area is 183 Å². The normalized spacial score (nSPS) is 31.9. The molecule has 4 heterocycles. The molecule has 9 heteroatoms. The molecule has 3 aliphatic rings. The minimum absolute atomic E-state index is 0.0540. The van der Waals surface area contributed by atoms with E-state index in [4.69, 9.17) is 0 Å². The predicted octanol–water partition coefficient (Wildman–Crippen LogP) is 5.65. The van der Waals surface area contributed by atoms with Crippen molar-refractivity contribution in [2.24, 2.45) is 10.8 Å². The Balaban J connectivity index is 1.46. The standard InChI is InChI=1S/C22H27F3N4OS/c1-20(2)9-13-10-21(3,11-20)12-28(13)19(30)15-8-18-26-14(16-5-4-6-31-16)7-17(22(23,24)25)29(18)27-15/h4-6,8,13-14,17,26H,7,9-12H2,1-3H3/t13-,14+,17-,21+/m0/s1. The molecule has 5 rings (SSSR count). The number of carbonyl (C=O) groups is 1. The Morgan fingerprint density at radius 1 is 1.29 bits per heavy atom. The number of rotatable bonds is 2. The maximum atomic E-state index is 13.9. The van der Waals surface area contributed by atoms with E-state index in [1.54, 1.807) is 0 Å². The zero-order valence-corrected chi connectivity index (χ0v) is 18.7. The van der Waals surface area contributed by atoms with Crippen molar-refractivity contribution in [3.63, 3.8) is 0 Å². The molecule has 1 saturated heterocycles. The van der Waals surface area contributed by atoms with Crippen LogP contribution >= 0.6 is 11.3 Å². The molecule has 168 valence electrons. The van der Waals surface area contributed by atoms with Crippen molar-refractivity contribution in [1.82, 2.24) is 14.7 Å². The largest absolute Gasteiger partial charge is 0.410 e. The highest BCUT2D eigenvalue weighted by molar-refractivity contribution is 7.10. The monoisotopic (exact) mass is 452 g/mol. The highest BCUT2D eigenvalue weighted by Crippen LogP contribution is 2.53. The van der Waals surface area contributed by atoms with Crippen molar-refractivity contribution in [2.45, 2.75) is 70.8 Å². The first-order chi connectivity index (χ1) is 14.4. The number of amides is 1. The van der Waals surface area contributed by atoms with Gasteiger partial charge < -0.3 is 10.2 Å². The van der Waals surface area contributed by atoms with Gasteiger partial charge in [-0.2, -0.15) is 18.3 Å². The zero-order valence-electron chi connectivity index (χ0n) is 17.9. The van der Waals surface area contributed by atoms with E-state index in [0.29, 0.717) is 6.54 Å². The average molecular weight is 453 g/mol. The maximum absolute atomic E-state index is 13.9. The summed E-state index contributed by atoms with van der Waals surface area (Å²) in [7, 11) is 0. The second-order valence-corrected chi connectivity index (χ2v) is 11.5. The molecular formula is C22H27F3N4OS. The molecule has 2 aromatic rings. The van der Waals surface area contributed by atoms with Crippen LogP contribution < -0.4 is 5.32 Å². The van der Waals surface area contributed by atoms with Crippen LogP contribution in [0.5, 0.6) is 0 Å². The van der Waals surface area contributed by atoms with Crippen LogP contribution in [0.2, 0.25) is 0 Å². The van der Waals surface area contributed by atoms with E-state index < -0.39 is 18.3 Å². The quantitative estimate of drug-likeness (QED) is 0.641. The number of nitrogens with one attached hydrogen (secondary N) is 1. The smallest absolute Gasteiger partial charge is 0.363 e. The Kier molecular flexibility index (Phi) is 4.53. The Hall–Kier alpha value is -2.03. The van der Waals surface area contributed by atoms with Gasteiger partial charge in [-0.1, -0.05) is 26.8 Å². The summed E-state index contributed by atoms with van der Waals surface area (Å²) in [4.78, 5) is 16.1. The fourth-order valence-electron chi connectivity index (χ4n) is 6.20. The number of hydrogen-bond donors (Lipinski definition) is 1. The minimum atomic E-state index is -4.44. The molecule has 1 amide bonds. The van der Waals surface area contributed by atoms with Crippen LogP contribution in [0.3, 0.4) is 0 Å². The van der Waals surface area contributed by atoms with Crippen molar-refractivity contribution in [2.75, 3.05) is 11.9 Å². The van der Waals surface area contributed by atoms with Crippen molar-refractivity contribution in [1.29, 1.82) is 0 Å². The number of hydrogen-bond acceptors (Lipinski definition) is 4. The van der Waals surface area contributed by atoms with E-state index in [0.717, 1.165) is 28.8 Å². The first-order valence-corrected chi connectivity index (χ1v) is 11.6. The fraction of sp³-hybridized carbons (Fsp3) is 0.636. The van der Waals surface area contributed by atoms with E-state index in [-0.39, 0.29) is 40.7 Å². The third-order valence-electron chi connectivity index (χ3n) is 6.97. The van der Waals surface area contributed by atoms with Crippen molar-refractivity contribution >= 4 is 23.1 Å². The fourth-order valence-corrected chi connectivity index (χ4v) is 6.99. The number of carbonyl (C=O) groups excluding carboxylic acids is 1. The van der Waals surface area contributed by atoms with Gasteiger partial charge in [-0.05, 0) is 41.5 Å². The summed E-state index contributed by atoms with van der Waals surface area (Å²) in [5.74, 6) is -0.00671. The Morgan fingerprint density at radius 3 is 2.74 bits per heavy atom. The molecule has 1 N–H and O–H groups in total. The third kappa shape index (κ3) is 3.64. The topological polar surface area (TPSA) is 50.2 Å². The molecular weight excluding hydrogens is 425 g/mol. The van der Waals surface area contributed by atoms with Crippen molar-refractivity contribution < 1.29 is 18.0 Å². The summed E-state index contributed by atoms with van der Waals surface area (Å²) in [5, 5.41) is 9.21. The Morgan fingerprint density at radius 2 is 2.06 bits per heavy atom. The second-order valence-electron chi connectivity index (χ2n) is 10.5. The van der Waals surface area contributed by atoms with Gasteiger partial charge in [-0.15, -0.1) is 11.3 Å². The Bertz CT molecular complexity index is 999.